The van der Waals surface area contributed by atoms with Crippen molar-refractivity contribution in [2.24, 2.45) is 0 Å². The number of ether oxygens (including phenoxy) is 3. The number of carbonyl (C=O) groups is 1. The standard InChI is InChI=1S/C11H22O4/c1-3-7-11(12)15-9-6-5-8-14-10-13-4-2/h3-10H2,1-2H3. The van der Waals surface area contributed by atoms with Gasteiger partial charge in [-0.2, -0.15) is 0 Å². The van der Waals surface area contributed by atoms with E-state index < -0.39 is 0 Å². The van der Waals surface area contributed by atoms with Gasteiger partial charge in [0, 0.05) is 19.6 Å². The summed E-state index contributed by atoms with van der Waals surface area (Å²) in [6.45, 7) is 6.07. The Bertz CT molecular complexity index is 148. The first-order valence-electron chi connectivity index (χ1n) is 5.62. The van der Waals surface area contributed by atoms with Crippen molar-refractivity contribution in [1.82, 2.24) is 0 Å². The molecule has 0 spiro atoms. The highest BCUT2D eigenvalue weighted by Gasteiger charge is 1.99. The molecule has 0 rings (SSSR count). The van der Waals surface area contributed by atoms with Gasteiger partial charge in [-0.25, -0.2) is 0 Å². The molecule has 0 aliphatic heterocycles. The maximum atomic E-state index is 10.9. The van der Waals surface area contributed by atoms with E-state index in [0.29, 0.717) is 33.0 Å². The van der Waals surface area contributed by atoms with Gasteiger partial charge in [-0.15, -0.1) is 0 Å². The molecule has 0 fully saturated rings. The number of unbranched alkanes of at least 4 members (excludes halogenated alkanes) is 1. The average molecular weight is 218 g/mol. The summed E-state index contributed by atoms with van der Waals surface area (Å²) in [4.78, 5) is 10.9. The Morgan fingerprint density at radius 1 is 1.07 bits per heavy atom. The molecule has 0 saturated carbocycles. The van der Waals surface area contributed by atoms with E-state index in [9.17, 15) is 4.79 Å². The average Bonchev–Trinajstić information content (AvgIpc) is 2.22. The first kappa shape index (κ1) is 14.4. The topological polar surface area (TPSA) is 44.8 Å². The van der Waals surface area contributed by atoms with Crippen LogP contribution in [0.25, 0.3) is 0 Å². The Kier molecular flexibility index (Phi) is 11.0. The van der Waals surface area contributed by atoms with Gasteiger partial charge >= 0.3 is 5.97 Å². The van der Waals surface area contributed by atoms with Crippen molar-refractivity contribution in [3.63, 3.8) is 0 Å². The summed E-state index contributed by atoms with van der Waals surface area (Å²) >= 11 is 0. The fourth-order valence-electron chi connectivity index (χ4n) is 0.970. The maximum absolute atomic E-state index is 10.9. The van der Waals surface area contributed by atoms with E-state index in [-0.39, 0.29) is 5.97 Å². The zero-order chi connectivity index (χ0) is 11.4. The van der Waals surface area contributed by atoms with Gasteiger partial charge in [0.25, 0.3) is 0 Å². The summed E-state index contributed by atoms with van der Waals surface area (Å²) in [6, 6.07) is 0. The minimum atomic E-state index is -0.104. The number of hydrogen-bond acceptors (Lipinski definition) is 4. The Hall–Kier alpha value is -0.610. The van der Waals surface area contributed by atoms with Crippen LogP contribution in [0.2, 0.25) is 0 Å². The smallest absolute Gasteiger partial charge is 0.305 e. The summed E-state index contributed by atoms with van der Waals surface area (Å²) in [5.74, 6) is -0.104. The van der Waals surface area contributed by atoms with Gasteiger partial charge in [-0.05, 0) is 26.2 Å². The van der Waals surface area contributed by atoms with Gasteiger partial charge in [0.05, 0.1) is 6.61 Å². The molecule has 0 N–H and O–H groups in total. The first-order valence-corrected chi connectivity index (χ1v) is 5.62. The van der Waals surface area contributed by atoms with E-state index in [1.54, 1.807) is 0 Å². The van der Waals surface area contributed by atoms with Crippen LogP contribution in [0.5, 0.6) is 0 Å². The molecule has 15 heavy (non-hydrogen) atoms. The molecule has 0 aromatic heterocycles. The highest BCUT2D eigenvalue weighted by molar-refractivity contribution is 5.69. The van der Waals surface area contributed by atoms with Crippen LogP contribution in [0.3, 0.4) is 0 Å². The zero-order valence-corrected chi connectivity index (χ0v) is 9.79. The van der Waals surface area contributed by atoms with Gasteiger partial charge in [-0.3, -0.25) is 4.79 Å². The molecular formula is C11H22O4. The number of esters is 1. The summed E-state index contributed by atoms with van der Waals surface area (Å²) in [5, 5.41) is 0. The van der Waals surface area contributed by atoms with Crippen molar-refractivity contribution < 1.29 is 19.0 Å². The summed E-state index contributed by atoms with van der Waals surface area (Å²) in [5.41, 5.74) is 0. The zero-order valence-electron chi connectivity index (χ0n) is 9.79. The minimum Gasteiger partial charge on any atom is -0.466 e. The van der Waals surface area contributed by atoms with Crippen LogP contribution in [-0.2, 0) is 19.0 Å². The summed E-state index contributed by atoms with van der Waals surface area (Å²) in [7, 11) is 0. The second-order valence-electron chi connectivity index (χ2n) is 3.20. The summed E-state index contributed by atoms with van der Waals surface area (Å²) < 4.78 is 15.2. The highest BCUT2D eigenvalue weighted by atomic mass is 16.7. The SMILES string of the molecule is CCCC(=O)OCCCCOCOCC. The van der Waals surface area contributed by atoms with Gasteiger partial charge in [0.15, 0.2) is 0 Å². The van der Waals surface area contributed by atoms with Gasteiger partial charge in [-0.1, -0.05) is 6.92 Å². The van der Waals surface area contributed by atoms with E-state index in [2.05, 4.69) is 0 Å². The van der Waals surface area contributed by atoms with Gasteiger partial charge in [0.1, 0.15) is 6.79 Å². The largest absolute Gasteiger partial charge is 0.466 e. The molecule has 4 nitrogen and oxygen atoms in total. The second kappa shape index (κ2) is 11.5. The lowest BCUT2D eigenvalue weighted by atomic mass is 10.3. The van der Waals surface area contributed by atoms with E-state index in [1.165, 1.54) is 0 Å². The molecule has 4 heteroatoms. The lowest BCUT2D eigenvalue weighted by molar-refractivity contribution is -0.143. The molecular weight excluding hydrogens is 196 g/mol. The fraction of sp³-hybridized carbons (Fsp3) is 0.909. The van der Waals surface area contributed by atoms with Crippen molar-refractivity contribution in [2.75, 3.05) is 26.6 Å². The van der Waals surface area contributed by atoms with E-state index in [1.807, 2.05) is 13.8 Å². The molecule has 0 radical (unpaired) electrons. The third-order valence-corrected chi connectivity index (χ3v) is 1.77. The number of carbonyl (C=O) groups excluding carboxylic acids is 1. The fourth-order valence-corrected chi connectivity index (χ4v) is 0.970. The monoisotopic (exact) mass is 218 g/mol. The third-order valence-electron chi connectivity index (χ3n) is 1.77. The van der Waals surface area contributed by atoms with E-state index in [4.69, 9.17) is 14.2 Å². The van der Waals surface area contributed by atoms with Gasteiger partial charge in [0.2, 0.25) is 0 Å². The highest BCUT2D eigenvalue weighted by Crippen LogP contribution is 1.95. The first-order chi connectivity index (χ1) is 7.31. The van der Waals surface area contributed by atoms with Crippen molar-refractivity contribution in [2.45, 2.75) is 39.5 Å². The van der Waals surface area contributed by atoms with Crippen LogP contribution in [0.1, 0.15) is 39.5 Å². The molecule has 0 atom stereocenters. The van der Waals surface area contributed by atoms with Crippen LogP contribution in [-0.4, -0.2) is 32.6 Å². The van der Waals surface area contributed by atoms with Crippen LogP contribution in [0.15, 0.2) is 0 Å². The molecule has 0 heterocycles. The Morgan fingerprint density at radius 3 is 2.47 bits per heavy atom. The van der Waals surface area contributed by atoms with Crippen LogP contribution in [0.4, 0.5) is 0 Å². The van der Waals surface area contributed by atoms with E-state index in [0.717, 1.165) is 19.3 Å². The lowest BCUT2D eigenvalue weighted by Crippen LogP contribution is -2.06. The van der Waals surface area contributed by atoms with Crippen LogP contribution in [0, 0.1) is 0 Å². The quantitative estimate of drug-likeness (QED) is 0.320. The maximum Gasteiger partial charge on any atom is 0.305 e. The molecule has 0 aromatic rings. The van der Waals surface area contributed by atoms with Gasteiger partial charge < -0.3 is 14.2 Å². The molecule has 0 aromatic carbocycles. The molecule has 0 aliphatic rings. The predicted octanol–water partition coefficient (Wildman–Crippen LogP) is 2.12. The van der Waals surface area contributed by atoms with Crippen molar-refractivity contribution in [1.29, 1.82) is 0 Å². The number of rotatable bonds is 10. The van der Waals surface area contributed by atoms with Crippen LogP contribution >= 0.6 is 0 Å². The Balaban J connectivity index is 3.01. The molecule has 0 amide bonds. The van der Waals surface area contributed by atoms with E-state index >= 15 is 0 Å². The predicted molar refractivity (Wildman–Crippen MR) is 57.5 cm³/mol. The van der Waals surface area contributed by atoms with Crippen molar-refractivity contribution >= 4 is 5.97 Å². The lowest BCUT2D eigenvalue weighted by Gasteiger charge is -2.05. The molecule has 0 unspecified atom stereocenters. The van der Waals surface area contributed by atoms with Crippen molar-refractivity contribution in [3.8, 4) is 0 Å². The molecule has 0 saturated heterocycles. The van der Waals surface area contributed by atoms with Crippen molar-refractivity contribution in [3.05, 3.63) is 0 Å². The third kappa shape index (κ3) is 11.3. The second-order valence-corrected chi connectivity index (χ2v) is 3.20. The summed E-state index contributed by atoms with van der Waals surface area (Å²) in [6.07, 6.45) is 3.10. The molecule has 0 aliphatic carbocycles. The number of hydrogen-bond donors (Lipinski definition) is 0. The molecule has 0 bridgehead atoms. The Morgan fingerprint density at radius 2 is 1.80 bits per heavy atom. The Labute approximate surface area is 91.9 Å². The minimum absolute atomic E-state index is 0.104. The van der Waals surface area contributed by atoms with Crippen LogP contribution < -0.4 is 0 Å². The molecule has 90 valence electrons. The normalized spacial score (nSPS) is 10.3.